The van der Waals surface area contributed by atoms with Crippen LogP contribution in [0.15, 0.2) is 110 Å². The Balaban J connectivity index is 1.12. The maximum atomic E-state index is 13.7. The van der Waals surface area contributed by atoms with Crippen LogP contribution in [0.5, 0.6) is 0 Å². The van der Waals surface area contributed by atoms with E-state index in [1.54, 1.807) is 44.3 Å². The quantitative estimate of drug-likeness (QED) is 0.106. The summed E-state index contributed by atoms with van der Waals surface area (Å²) in [4.78, 5) is 67.1. The van der Waals surface area contributed by atoms with Gasteiger partial charge in [0.25, 0.3) is 0 Å². The summed E-state index contributed by atoms with van der Waals surface area (Å²) in [6, 6.07) is 6.97. The van der Waals surface area contributed by atoms with E-state index in [0.717, 1.165) is 74.8 Å². The molecule has 374 valence electrons. The zero-order valence-electron chi connectivity index (χ0n) is 42.4. The number of carbonyl (C=O) groups excluding carboxylic acids is 2. The molecule has 15 nitrogen and oxygen atoms in total. The van der Waals surface area contributed by atoms with Crippen molar-refractivity contribution in [1.82, 2.24) is 34.1 Å². The van der Waals surface area contributed by atoms with Crippen molar-refractivity contribution in [3.05, 3.63) is 112 Å². The number of ether oxygens (including phenoxy) is 1. The number of nitrogens with zero attached hydrogens (tertiary/aromatic N) is 10. The van der Waals surface area contributed by atoms with E-state index in [9.17, 15) is 14.4 Å². The number of ketones is 1. The van der Waals surface area contributed by atoms with Crippen LogP contribution in [0.2, 0.25) is 0 Å². The standard InChI is InChI=1S/C54H72ClN11O4/c1-37(27-63-22-13-21-54(34-63)35-64(36-54)28-38(2)67)41(29-61(6)7)15-11-19-47(57-5)44-17-10-14-40(24-46(44)55)43-16-12-18-45(51(43)66-23-20-49(56)60-52(66)69)48-26-58-42(25-50(59-48)70-9)30-65-32-53(4,33-65)31-62(8)39(3)68/h10-12,14-20,23-24,26,37,46-47H,5,13,21-22,25,27-36H2,1-4,6-9H3,(H2,56,60,69)/b19-11-,41-15+. The first-order valence-corrected chi connectivity index (χ1v) is 24.8. The number of benzene rings is 1. The molecule has 70 heavy (non-hydrogen) atoms. The lowest BCUT2D eigenvalue weighted by atomic mass is 9.73. The van der Waals surface area contributed by atoms with Gasteiger partial charge in [0.1, 0.15) is 11.6 Å². The average molecular weight is 975 g/mol. The van der Waals surface area contributed by atoms with Gasteiger partial charge >= 0.3 is 5.69 Å². The van der Waals surface area contributed by atoms with Crippen LogP contribution in [0.3, 0.4) is 0 Å². The van der Waals surface area contributed by atoms with Crippen LogP contribution in [0.1, 0.15) is 58.1 Å². The van der Waals surface area contributed by atoms with Gasteiger partial charge in [-0.2, -0.15) is 4.98 Å². The number of amides is 1. The van der Waals surface area contributed by atoms with Crippen LogP contribution < -0.4 is 11.4 Å². The first-order valence-electron chi connectivity index (χ1n) is 24.3. The van der Waals surface area contributed by atoms with Crippen LogP contribution >= 0.6 is 11.6 Å². The number of Topliss-reactive ketones (excluding diaryl/α,β-unsaturated/α-hetero) is 1. The van der Waals surface area contributed by atoms with E-state index in [-0.39, 0.29) is 22.9 Å². The number of halogens is 1. The molecule has 1 aromatic carbocycles. The number of aliphatic imine (C=N–C) groups is 3. The third-order valence-corrected chi connectivity index (χ3v) is 14.4. The molecule has 2 aromatic rings. The van der Waals surface area contributed by atoms with E-state index in [1.165, 1.54) is 23.0 Å². The molecule has 0 saturated carbocycles. The third-order valence-electron chi connectivity index (χ3n) is 14.0. The molecule has 3 unspecified atom stereocenters. The number of hydrogen-bond donors (Lipinski definition) is 1. The van der Waals surface area contributed by atoms with Gasteiger partial charge in [-0.25, -0.2) is 9.79 Å². The van der Waals surface area contributed by atoms with Crippen molar-refractivity contribution in [1.29, 1.82) is 0 Å². The molecule has 0 radical (unpaired) electrons. The van der Waals surface area contributed by atoms with Crippen LogP contribution in [0.25, 0.3) is 17.0 Å². The van der Waals surface area contributed by atoms with Crippen LogP contribution in [0, 0.1) is 16.7 Å². The Hall–Kier alpha value is -5.58. The lowest BCUT2D eigenvalue weighted by Gasteiger charge is -2.55. The number of allylic oxidation sites excluding steroid dienone is 7. The summed E-state index contributed by atoms with van der Waals surface area (Å²) in [5.41, 5.74) is 12.0. The van der Waals surface area contributed by atoms with Crippen molar-refractivity contribution in [3.8, 4) is 5.69 Å². The number of para-hydroxylation sites is 1. The molecule has 0 bridgehead atoms. The van der Waals surface area contributed by atoms with Gasteiger partial charge in [0.2, 0.25) is 5.91 Å². The van der Waals surface area contributed by atoms with Crippen molar-refractivity contribution < 1.29 is 14.3 Å². The largest absolute Gasteiger partial charge is 0.484 e. The molecule has 5 aliphatic rings. The summed E-state index contributed by atoms with van der Waals surface area (Å²) < 4.78 is 7.30. The lowest BCUT2D eigenvalue weighted by Crippen LogP contribution is -2.63. The predicted molar refractivity (Wildman–Crippen MR) is 285 cm³/mol. The maximum absolute atomic E-state index is 13.7. The SMILES string of the molecule is C=NC(/C=C\C=C(/CN(C)C)C(C)CN1CCCC2(C1)CN(CC(C)=O)C2)C1=CC=CC(c2cccc(C3=CN=C(CN4CC(C)(CN(C)C(C)=O)C4)CC(OC)=N3)c2-n2ccc(N)nc2=O)=CC1Cl. The molecule has 16 heteroatoms. The first kappa shape index (κ1) is 52.2. The molecule has 7 rings (SSSR count). The minimum Gasteiger partial charge on any atom is -0.484 e. The van der Waals surface area contributed by atoms with Gasteiger partial charge in [-0.05, 0) is 70.3 Å². The highest BCUT2D eigenvalue weighted by molar-refractivity contribution is 6.24. The third kappa shape index (κ3) is 12.8. The fourth-order valence-corrected chi connectivity index (χ4v) is 11.2. The van der Waals surface area contributed by atoms with Crippen molar-refractivity contribution in [2.45, 2.75) is 58.4 Å². The molecular weight excluding hydrogens is 902 g/mol. The summed E-state index contributed by atoms with van der Waals surface area (Å²) in [7, 11) is 7.64. The van der Waals surface area contributed by atoms with E-state index in [1.807, 2.05) is 49.6 Å². The van der Waals surface area contributed by atoms with Gasteiger partial charge < -0.3 is 25.2 Å². The summed E-state index contributed by atoms with van der Waals surface area (Å²) in [6.45, 7) is 21.3. The normalized spacial score (nSPS) is 21.6. The van der Waals surface area contributed by atoms with Crippen molar-refractivity contribution in [3.63, 3.8) is 0 Å². The molecule has 3 atom stereocenters. The minimum absolute atomic E-state index is 0.00256. The van der Waals surface area contributed by atoms with Crippen LogP contribution in [0.4, 0.5) is 5.82 Å². The zero-order chi connectivity index (χ0) is 50.3. The van der Waals surface area contributed by atoms with Crippen LogP contribution in [-0.2, 0) is 14.3 Å². The number of aromatic nitrogens is 2. The highest BCUT2D eigenvalue weighted by Crippen LogP contribution is 2.40. The van der Waals surface area contributed by atoms with Gasteiger partial charge in [0.05, 0.1) is 49.1 Å². The van der Waals surface area contributed by atoms with Gasteiger partial charge in [-0.1, -0.05) is 80.2 Å². The summed E-state index contributed by atoms with van der Waals surface area (Å²) >= 11 is 7.34. The highest BCUT2D eigenvalue weighted by Gasteiger charge is 2.46. The smallest absolute Gasteiger partial charge is 0.354 e. The molecule has 1 aliphatic carbocycles. The topological polar surface area (TPSA) is 158 Å². The molecular formula is C54H72ClN11O4. The van der Waals surface area contributed by atoms with Crippen molar-refractivity contribution in [2.75, 3.05) is 106 Å². The Morgan fingerprint density at radius 2 is 1.83 bits per heavy atom. The summed E-state index contributed by atoms with van der Waals surface area (Å²) in [5.74, 6) is 1.22. The first-order chi connectivity index (χ1) is 33.4. The van der Waals surface area contributed by atoms with Crippen LogP contribution in [-0.4, -0.2) is 176 Å². The van der Waals surface area contributed by atoms with E-state index in [2.05, 4.69) is 82.5 Å². The number of likely N-dealkylation sites (tertiary alicyclic amines) is 3. The average Bonchev–Trinajstić information content (AvgIpc) is 3.61. The Kier molecular flexibility index (Phi) is 16.9. The number of rotatable bonds is 18. The number of nitrogen functional groups attached to an aromatic ring is 1. The van der Waals surface area contributed by atoms with Gasteiger partial charge in [-0.3, -0.25) is 33.9 Å². The molecule has 3 fully saturated rings. The number of alkyl halides is 1. The number of methoxy groups -OCH3 is 1. The number of likely N-dealkylation sites (N-methyl/N-ethyl adjacent to an activating group) is 1. The molecule has 1 amide bonds. The molecule has 5 heterocycles. The zero-order valence-corrected chi connectivity index (χ0v) is 43.2. The van der Waals surface area contributed by atoms with Crippen molar-refractivity contribution in [2.24, 2.45) is 31.7 Å². The Morgan fingerprint density at radius 3 is 2.51 bits per heavy atom. The highest BCUT2D eigenvalue weighted by atomic mass is 35.5. The summed E-state index contributed by atoms with van der Waals surface area (Å²) in [5, 5.41) is -0.579. The molecule has 3 saturated heterocycles. The second-order valence-corrected chi connectivity index (χ2v) is 21.2. The second-order valence-electron chi connectivity index (χ2n) is 20.8. The van der Waals surface area contributed by atoms with Gasteiger partial charge in [0, 0.05) is 107 Å². The van der Waals surface area contributed by atoms with E-state index >= 15 is 0 Å². The second kappa shape index (κ2) is 22.7. The Labute approximate surface area is 419 Å². The minimum atomic E-state index is -0.579. The Bertz CT molecular complexity index is 2610. The van der Waals surface area contributed by atoms with Gasteiger partial charge in [-0.15, -0.1) is 11.6 Å². The van der Waals surface area contributed by atoms with E-state index < -0.39 is 17.1 Å². The predicted octanol–water partition coefficient (Wildman–Crippen LogP) is 6.03. The fraction of sp³-hybridized carbons (Fsp3) is 0.500. The lowest BCUT2D eigenvalue weighted by molar-refractivity contribution is -0.130. The van der Waals surface area contributed by atoms with Crippen molar-refractivity contribution >= 4 is 58.7 Å². The van der Waals surface area contributed by atoms with E-state index in [4.69, 9.17) is 32.1 Å². The number of hydrogen-bond acceptors (Lipinski definition) is 13. The fourth-order valence-electron chi connectivity index (χ4n) is 10.9. The number of anilines is 1. The molecule has 2 N–H and O–H groups in total. The Morgan fingerprint density at radius 1 is 1.09 bits per heavy atom. The molecule has 4 aliphatic heterocycles. The van der Waals surface area contributed by atoms with Gasteiger partial charge in [0.15, 0.2) is 5.90 Å². The molecule has 1 aromatic heterocycles. The number of nitrogens with two attached hydrogens (primary N) is 1. The maximum Gasteiger partial charge on any atom is 0.354 e. The van der Waals surface area contributed by atoms with E-state index in [0.29, 0.717) is 60.2 Å². The summed E-state index contributed by atoms with van der Waals surface area (Å²) in [6.07, 6.45) is 20.4. The monoisotopic (exact) mass is 974 g/mol. The number of piperidine rings is 1. The number of carbonyl (C=O) groups is 2. The molecule has 1 spiro atoms.